The third-order valence-electron chi connectivity index (χ3n) is 4.33. The Hall–Kier alpha value is -2.21. The third kappa shape index (κ3) is 7.97. The minimum absolute atomic E-state index is 0.115. The van der Waals surface area contributed by atoms with Gasteiger partial charge in [-0.3, -0.25) is 14.6 Å². The fourth-order valence-electron chi connectivity index (χ4n) is 2.83. The van der Waals surface area contributed by atoms with Crippen LogP contribution in [0, 0.1) is 11.3 Å². The van der Waals surface area contributed by atoms with E-state index in [4.69, 9.17) is 14.6 Å². The summed E-state index contributed by atoms with van der Waals surface area (Å²) < 4.78 is 5.64. The molecule has 0 spiro atoms. The fourth-order valence-corrected chi connectivity index (χ4v) is 2.83. The quantitative estimate of drug-likeness (QED) is 0.386. The van der Waals surface area contributed by atoms with Gasteiger partial charge in [0.25, 0.3) is 0 Å². The van der Waals surface area contributed by atoms with E-state index < -0.39 is 17.6 Å². The maximum absolute atomic E-state index is 13.0. The third-order valence-corrected chi connectivity index (χ3v) is 4.33. The van der Waals surface area contributed by atoms with Gasteiger partial charge in [-0.2, -0.15) is 0 Å². The van der Waals surface area contributed by atoms with Crippen molar-refractivity contribution in [2.24, 2.45) is 16.3 Å². The zero-order valence-corrected chi connectivity index (χ0v) is 19.3. The van der Waals surface area contributed by atoms with Gasteiger partial charge in [-0.25, -0.2) is 9.86 Å². The highest BCUT2D eigenvalue weighted by Crippen LogP contribution is 2.26. The summed E-state index contributed by atoms with van der Waals surface area (Å²) in [5.74, 6) is -1.02. The largest absolute Gasteiger partial charge is 0.458 e. The monoisotopic (exact) mass is 404 g/mol. The minimum Gasteiger partial charge on any atom is -0.458 e. The molecule has 0 heterocycles. The molecule has 0 fully saturated rings. The van der Waals surface area contributed by atoms with Gasteiger partial charge in [0.1, 0.15) is 5.60 Å². The first-order chi connectivity index (χ1) is 13.3. The second-order valence-corrected chi connectivity index (χ2v) is 9.33. The number of amides is 1. The molecule has 162 valence electrons. The van der Waals surface area contributed by atoms with Gasteiger partial charge in [-0.15, -0.1) is 0 Å². The van der Waals surface area contributed by atoms with E-state index in [1.165, 1.54) is 7.11 Å². The number of carbonyl (C=O) groups excluding carboxylic acids is 2. The van der Waals surface area contributed by atoms with Gasteiger partial charge in [-0.1, -0.05) is 58.0 Å². The Morgan fingerprint density at radius 3 is 2.07 bits per heavy atom. The molecule has 0 aliphatic heterocycles. The van der Waals surface area contributed by atoms with Crippen LogP contribution in [0.4, 0.5) is 0 Å². The fraction of sp³-hybridized carbons (Fsp3) is 0.609. The van der Waals surface area contributed by atoms with Crippen molar-refractivity contribution >= 4 is 17.6 Å². The van der Waals surface area contributed by atoms with E-state index in [-0.39, 0.29) is 23.7 Å². The molecule has 0 aliphatic rings. The molecular weight excluding hydrogens is 368 g/mol. The van der Waals surface area contributed by atoms with Gasteiger partial charge in [-0.05, 0) is 32.3 Å². The molecular formula is C23H36N2O4. The second kappa shape index (κ2) is 10.0. The molecule has 0 saturated carbocycles. The molecule has 1 aromatic rings. The van der Waals surface area contributed by atoms with Crippen molar-refractivity contribution in [1.82, 2.24) is 5.06 Å². The lowest BCUT2D eigenvalue weighted by molar-refractivity contribution is -0.170. The van der Waals surface area contributed by atoms with Crippen molar-refractivity contribution in [3.05, 3.63) is 35.9 Å². The zero-order chi connectivity index (χ0) is 22.4. The lowest BCUT2D eigenvalue weighted by atomic mass is 9.84. The van der Waals surface area contributed by atoms with Crippen molar-refractivity contribution < 1.29 is 19.2 Å². The van der Waals surface area contributed by atoms with Crippen LogP contribution in [-0.2, 0) is 19.2 Å². The Morgan fingerprint density at radius 1 is 1.07 bits per heavy atom. The number of hydroxylamine groups is 2. The number of benzene rings is 1. The van der Waals surface area contributed by atoms with Crippen LogP contribution in [0.5, 0.6) is 0 Å². The zero-order valence-electron chi connectivity index (χ0n) is 19.3. The summed E-state index contributed by atoms with van der Waals surface area (Å²) in [6, 6.07) is 8.98. The Bertz CT molecular complexity index is 715. The predicted molar refractivity (Wildman–Crippen MR) is 116 cm³/mol. The van der Waals surface area contributed by atoms with Crippen LogP contribution in [0.1, 0.15) is 60.5 Å². The lowest BCUT2D eigenvalue weighted by Gasteiger charge is -2.29. The Morgan fingerprint density at radius 2 is 1.62 bits per heavy atom. The average molecular weight is 405 g/mol. The number of hydrogen-bond donors (Lipinski definition) is 0. The molecule has 0 N–H and O–H groups in total. The highest BCUT2D eigenvalue weighted by molar-refractivity contribution is 6.05. The molecule has 2 unspecified atom stereocenters. The number of aliphatic imine (C=N–C) groups is 1. The van der Waals surface area contributed by atoms with E-state index >= 15 is 0 Å². The van der Waals surface area contributed by atoms with E-state index in [2.05, 4.69) is 20.8 Å². The Kier molecular flexibility index (Phi) is 8.57. The smallest absolute Gasteiger partial charge is 0.331 e. The minimum atomic E-state index is -0.808. The van der Waals surface area contributed by atoms with Gasteiger partial charge in [0.05, 0.1) is 7.11 Å². The molecule has 2 atom stereocenters. The SMILES string of the molecule is CON(C)C(=O)CC(C)C(N=C(c1ccccc1)C(C)(C)C)C(=O)OC(C)(C)C. The van der Waals surface area contributed by atoms with Crippen LogP contribution < -0.4 is 0 Å². The molecule has 0 bridgehead atoms. The summed E-state index contributed by atoms with van der Waals surface area (Å²) >= 11 is 0. The Labute approximate surface area is 175 Å². The molecule has 1 rings (SSSR count). The van der Waals surface area contributed by atoms with Crippen molar-refractivity contribution in [3.8, 4) is 0 Å². The first-order valence-electron chi connectivity index (χ1n) is 9.93. The molecule has 0 aliphatic carbocycles. The molecule has 0 radical (unpaired) electrons. The van der Waals surface area contributed by atoms with Gasteiger partial charge in [0.15, 0.2) is 6.04 Å². The van der Waals surface area contributed by atoms with Crippen molar-refractivity contribution in [1.29, 1.82) is 0 Å². The van der Waals surface area contributed by atoms with Crippen LogP contribution in [0.2, 0.25) is 0 Å². The maximum atomic E-state index is 13.0. The van der Waals surface area contributed by atoms with Gasteiger partial charge in [0.2, 0.25) is 5.91 Å². The van der Waals surface area contributed by atoms with Gasteiger partial charge in [0, 0.05) is 24.6 Å². The summed E-state index contributed by atoms with van der Waals surface area (Å²) in [7, 11) is 2.98. The number of ether oxygens (including phenoxy) is 1. The first-order valence-corrected chi connectivity index (χ1v) is 9.93. The first kappa shape index (κ1) is 24.8. The topological polar surface area (TPSA) is 68.2 Å². The molecule has 1 amide bonds. The summed E-state index contributed by atoms with van der Waals surface area (Å²) in [5.41, 5.74) is 0.802. The van der Waals surface area contributed by atoms with E-state index in [0.717, 1.165) is 16.3 Å². The molecule has 29 heavy (non-hydrogen) atoms. The van der Waals surface area contributed by atoms with E-state index in [1.54, 1.807) is 7.05 Å². The normalized spacial score (nSPS) is 14.9. The van der Waals surface area contributed by atoms with Crippen molar-refractivity contribution in [3.63, 3.8) is 0 Å². The van der Waals surface area contributed by atoms with E-state index in [1.807, 2.05) is 58.0 Å². The molecule has 0 aromatic heterocycles. The van der Waals surface area contributed by atoms with Crippen LogP contribution in [0.15, 0.2) is 35.3 Å². The maximum Gasteiger partial charge on any atom is 0.331 e. The highest BCUT2D eigenvalue weighted by Gasteiger charge is 2.33. The Balaban J connectivity index is 3.38. The number of hydrogen-bond acceptors (Lipinski definition) is 5. The number of rotatable bonds is 7. The number of esters is 1. The van der Waals surface area contributed by atoms with Gasteiger partial charge < -0.3 is 4.74 Å². The molecule has 0 saturated heterocycles. The summed E-state index contributed by atoms with van der Waals surface area (Å²) in [6.45, 7) is 13.5. The number of carbonyl (C=O) groups is 2. The molecule has 6 heteroatoms. The van der Waals surface area contributed by atoms with Crippen molar-refractivity contribution in [2.45, 2.75) is 66.5 Å². The van der Waals surface area contributed by atoms with Crippen LogP contribution in [0.3, 0.4) is 0 Å². The lowest BCUT2D eigenvalue weighted by Crippen LogP contribution is -2.38. The van der Waals surface area contributed by atoms with Crippen LogP contribution >= 0.6 is 0 Å². The predicted octanol–water partition coefficient (Wildman–Crippen LogP) is 4.28. The van der Waals surface area contributed by atoms with Gasteiger partial charge >= 0.3 is 5.97 Å². The highest BCUT2D eigenvalue weighted by atomic mass is 16.7. The standard InChI is InChI=1S/C23H36N2O4/c1-16(15-18(26)25(8)28-9)19(21(27)29-23(5,6)7)24-20(22(2,3)4)17-13-11-10-12-14-17/h10-14,16,19H,15H2,1-9H3. The van der Waals surface area contributed by atoms with Crippen LogP contribution in [0.25, 0.3) is 0 Å². The number of nitrogens with zero attached hydrogens (tertiary/aromatic N) is 2. The molecule has 6 nitrogen and oxygen atoms in total. The average Bonchev–Trinajstić information content (AvgIpc) is 2.59. The molecule has 1 aromatic carbocycles. The summed E-state index contributed by atoms with van der Waals surface area (Å²) in [6.07, 6.45) is 0.115. The summed E-state index contributed by atoms with van der Waals surface area (Å²) in [5, 5.41) is 1.16. The van der Waals surface area contributed by atoms with Crippen molar-refractivity contribution in [2.75, 3.05) is 14.2 Å². The second-order valence-electron chi connectivity index (χ2n) is 9.33. The summed E-state index contributed by atoms with van der Waals surface area (Å²) in [4.78, 5) is 35.2. The van der Waals surface area contributed by atoms with Crippen LogP contribution in [-0.4, -0.2) is 48.5 Å². The van der Waals surface area contributed by atoms with E-state index in [9.17, 15) is 9.59 Å². The van der Waals surface area contributed by atoms with E-state index in [0.29, 0.717) is 0 Å².